The van der Waals surface area contributed by atoms with E-state index in [0.717, 1.165) is 27.2 Å². The lowest BCUT2D eigenvalue weighted by Gasteiger charge is -2.17. The maximum Gasteiger partial charge on any atom is 0.389 e. The predicted octanol–water partition coefficient (Wildman–Crippen LogP) is 5.59. The molecule has 6 heteroatoms. The molecule has 0 amide bonds. The molecule has 1 N–H and O–H groups in total. The molecule has 0 aliphatic rings. The van der Waals surface area contributed by atoms with Crippen molar-refractivity contribution >= 4 is 27.3 Å². The van der Waals surface area contributed by atoms with Crippen LogP contribution >= 0.6 is 27.3 Å². The Kier molecular flexibility index (Phi) is 6.83. The third-order valence-electron chi connectivity index (χ3n) is 2.81. The molecule has 1 rings (SSSR count). The first kappa shape index (κ1) is 17.0. The van der Waals surface area contributed by atoms with Gasteiger partial charge >= 0.3 is 6.18 Å². The Bertz CT molecular complexity index is 370. The molecule has 0 fully saturated rings. The zero-order chi connectivity index (χ0) is 14.5. The van der Waals surface area contributed by atoms with Gasteiger partial charge in [0.05, 0.1) is 3.79 Å². The van der Waals surface area contributed by atoms with Crippen LogP contribution in [0.25, 0.3) is 0 Å². The summed E-state index contributed by atoms with van der Waals surface area (Å²) in [4.78, 5) is 1.11. The first-order valence-corrected chi connectivity index (χ1v) is 8.00. The van der Waals surface area contributed by atoms with E-state index in [4.69, 9.17) is 0 Å². The van der Waals surface area contributed by atoms with Crippen molar-refractivity contribution in [2.45, 2.75) is 51.7 Å². The van der Waals surface area contributed by atoms with Crippen molar-refractivity contribution < 1.29 is 13.2 Å². The number of alkyl halides is 3. The zero-order valence-corrected chi connectivity index (χ0v) is 13.5. The summed E-state index contributed by atoms with van der Waals surface area (Å²) < 4.78 is 37.7. The Labute approximate surface area is 124 Å². The molecule has 0 aliphatic carbocycles. The van der Waals surface area contributed by atoms with Crippen LogP contribution in [0.2, 0.25) is 0 Å². The summed E-state index contributed by atoms with van der Waals surface area (Å²) in [6.45, 7) is 4.87. The Morgan fingerprint density at radius 1 is 1.42 bits per heavy atom. The molecule has 1 atom stereocenters. The van der Waals surface area contributed by atoms with Gasteiger partial charge in [0.2, 0.25) is 0 Å². The van der Waals surface area contributed by atoms with Crippen molar-refractivity contribution in [1.82, 2.24) is 5.32 Å². The molecule has 1 unspecified atom stereocenters. The molecule has 0 aliphatic heterocycles. The summed E-state index contributed by atoms with van der Waals surface area (Å²) in [7, 11) is 0. The summed E-state index contributed by atoms with van der Waals surface area (Å²) in [6.07, 6.45) is -3.10. The molecular formula is C13H19BrF3NS. The van der Waals surface area contributed by atoms with Gasteiger partial charge in [0.1, 0.15) is 0 Å². The van der Waals surface area contributed by atoms with E-state index < -0.39 is 12.6 Å². The van der Waals surface area contributed by atoms with Gasteiger partial charge in [0.25, 0.3) is 0 Å². The molecule has 0 aromatic carbocycles. The van der Waals surface area contributed by atoms with E-state index in [0.29, 0.717) is 6.42 Å². The highest BCUT2D eigenvalue weighted by Gasteiger charge is 2.27. The molecule has 1 heterocycles. The molecular weight excluding hydrogens is 339 g/mol. The lowest BCUT2D eigenvalue weighted by molar-refractivity contribution is -0.135. The molecule has 1 nitrogen and oxygen atoms in total. The number of nitrogens with one attached hydrogen (secondary N) is 1. The fraction of sp³-hybridized carbons (Fsp3) is 0.692. The lowest BCUT2D eigenvalue weighted by Crippen LogP contribution is -2.22. The number of hydrogen-bond acceptors (Lipinski definition) is 2. The molecule has 19 heavy (non-hydrogen) atoms. The van der Waals surface area contributed by atoms with Gasteiger partial charge in [0, 0.05) is 17.3 Å². The molecule has 0 radical (unpaired) electrons. The highest BCUT2D eigenvalue weighted by atomic mass is 79.9. The van der Waals surface area contributed by atoms with Gasteiger partial charge < -0.3 is 5.32 Å². The van der Waals surface area contributed by atoms with Crippen LogP contribution < -0.4 is 5.32 Å². The van der Waals surface area contributed by atoms with Crippen molar-refractivity contribution in [2.75, 3.05) is 6.54 Å². The first-order valence-electron chi connectivity index (χ1n) is 6.39. The maximum atomic E-state index is 12.2. The van der Waals surface area contributed by atoms with Crippen molar-refractivity contribution in [3.63, 3.8) is 0 Å². The minimum atomic E-state index is -4.05. The fourth-order valence-electron chi connectivity index (χ4n) is 1.83. The van der Waals surface area contributed by atoms with Crippen LogP contribution in [0.4, 0.5) is 13.2 Å². The Balaban J connectivity index is 2.61. The van der Waals surface area contributed by atoms with Gasteiger partial charge in [-0.25, -0.2) is 0 Å². The molecule has 1 aromatic rings. The number of halogens is 4. The minimum Gasteiger partial charge on any atom is -0.309 e. The lowest BCUT2D eigenvalue weighted by atomic mass is 10.1. The topological polar surface area (TPSA) is 12.0 Å². The van der Waals surface area contributed by atoms with Gasteiger partial charge in [-0.05, 0) is 60.3 Å². The van der Waals surface area contributed by atoms with E-state index in [1.54, 1.807) is 11.3 Å². The van der Waals surface area contributed by atoms with Crippen LogP contribution in [0.1, 0.15) is 49.1 Å². The Morgan fingerprint density at radius 2 is 2.11 bits per heavy atom. The minimum absolute atomic E-state index is 0.0253. The molecule has 0 saturated heterocycles. The van der Waals surface area contributed by atoms with E-state index in [-0.39, 0.29) is 12.5 Å². The van der Waals surface area contributed by atoms with Crippen molar-refractivity contribution in [3.8, 4) is 0 Å². The largest absolute Gasteiger partial charge is 0.389 e. The van der Waals surface area contributed by atoms with E-state index in [1.165, 1.54) is 0 Å². The van der Waals surface area contributed by atoms with Crippen molar-refractivity contribution in [1.29, 1.82) is 0 Å². The highest BCUT2D eigenvalue weighted by molar-refractivity contribution is 9.11. The van der Waals surface area contributed by atoms with Crippen LogP contribution in [-0.4, -0.2) is 12.7 Å². The van der Waals surface area contributed by atoms with Crippen molar-refractivity contribution in [2.24, 2.45) is 0 Å². The van der Waals surface area contributed by atoms with Gasteiger partial charge in [-0.1, -0.05) is 6.92 Å². The average molecular weight is 358 g/mol. The van der Waals surface area contributed by atoms with Crippen LogP contribution in [-0.2, 0) is 0 Å². The summed E-state index contributed by atoms with van der Waals surface area (Å²) >= 11 is 5.07. The molecule has 1 aromatic heterocycles. The standard InChI is InChI=1S/C13H19BrF3NS/c1-3-7-18-10(5-4-6-13(15,16)17)11-8-9(2)12(14)19-11/h8,10,18H,3-7H2,1-2H3. The van der Waals surface area contributed by atoms with E-state index >= 15 is 0 Å². The van der Waals surface area contributed by atoms with Gasteiger partial charge in [-0.2, -0.15) is 13.2 Å². The maximum absolute atomic E-state index is 12.2. The molecule has 0 saturated carbocycles. The molecule has 0 bridgehead atoms. The fourth-order valence-corrected chi connectivity index (χ4v) is 3.51. The Morgan fingerprint density at radius 3 is 2.58 bits per heavy atom. The van der Waals surface area contributed by atoms with Crippen LogP contribution in [0, 0.1) is 6.92 Å². The number of hydrogen-bond donors (Lipinski definition) is 1. The summed E-state index contributed by atoms with van der Waals surface area (Å²) in [6, 6.07) is 2.08. The second kappa shape index (κ2) is 7.64. The van der Waals surface area contributed by atoms with Gasteiger partial charge in [0.15, 0.2) is 0 Å². The second-order valence-corrected chi connectivity index (χ2v) is 7.02. The second-order valence-electron chi connectivity index (χ2n) is 4.62. The van der Waals surface area contributed by atoms with Gasteiger partial charge in [-0.15, -0.1) is 11.3 Å². The summed E-state index contributed by atoms with van der Waals surface area (Å²) in [5.41, 5.74) is 1.14. The summed E-state index contributed by atoms with van der Waals surface area (Å²) in [5.74, 6) is 0. The smallest absolute Gasteiger partial charge is 0.309 e. The third kappa shape index (κ3) is 6.27. The normalized spacial score (nSPS) is 13.8. The SMILES string of the molecule is CCCNC(CCCC(F)(F)F)c1cc(C)c(Br)s1. The van der Waals surface area contributed by atoms with Crippen LogP contribution in [0.15, 0.2) is 9.85 Å². The number of thiophene rings is 1. The van der Waals surface area contributed by atoms with Crippen LogP contribution in [0.5, 0.6) is 0 Å². The van der Waals surface area contributed by atoms with E-state index in [1.807, 2.05) is 6.92 Å². The predicted molar refractivity (Wildman–Crippen MR) is 77.7 cm³/mol. The number of rotatable bonds is 7. The summed E-state index contributed by atoms with van der Waals surface area (Å²) in [5, 5.41) is 3.33. The van der Waals surface area contributed by atoms with E-state index in [2.05, 4.69) is 34.2 Å². The van der Waals surface area contributed by atoms with E-state index in [9.17, 15) is 13.2 Å². The third-order valence-corrected chi connectivity index (χ3v) is 5.06. The van der Waals surface area contributed by atoms with Crippen molar-refractivity contribution in [3.05, 3.63) is 20.3 Å². The van der Waals surface area contributed by atoms with Crippen LogP contribution in [0.3, 0.4) is 0 Å². The monoisotopic (exact) mass is 357 g/mol. The number of aryl methyl sites for hydroxylation is 1. The first-order chi connectivity index (χ1) is 8.83. The molecule has 0 spiro atoms. The Hall–Kier alpha value is -0.0700. The molecule has 110 valence electrons. The van der Waals surface area contributed by atoms with Gasteiger partial charge in [-0.3, -0.25) is 0 Å². The zero-order valence-electron chi connectivity index (χ0n) is 11.1. The average Bonchev–Trinajstić information content (AvgIpc) is 2.62. The quantitative estimate of drug-likeness (QED) is 0.670. The highest BCUT2D eigenvalue weighted by Crippen LogP contribution is 2.34.